The van der Waals surface area contributed by atoms with Crippen molar-refractivity contribution < 1.29 is 14.3 Å². The molecule has 132 valence electrons. The molecule has 0 aliphatic carbocycles. The van der Waals surface area contributed by atoms with Crippen LogP contribution in [0, 0.1) is 13.8 Å². The van der Waals surface area contributed by atoms with Crippen molar-refractivity contribution in [3.8, 4) is 11.3 Å². The van der Waals surface area contributed by atoms with Gasteiger partial charge in [-0.3, -0.25) is 4.79 Å². The molecule has 0 unspecified atom stereocenters. The van der Waals surface area contributed by atoms with Crippen LogP contribution in [0.2, 0.25) is 0 Å². The fourth-order valence-electron chi connectivity index (χ4n) is 2.45. The largest absolute Gasteiger partial charge is 0.451 e. The van der Waals surface area contributed by atoms with Gasteiger partial charge in [0.25, 0.3) is 5.91 Å². The second-order valence-electron chi connectivity index (χ2n) is 5.72. The quantitative estimate of drug-likeness (QED) is 0.687. The Labute approximate surface area is 155 Å². The number of nitrogens with zero attached hydrogens (tertiary/aromatic N) is 1. The van der Waals surface area contributed by atoms with Crippen molar-refractivity contribution in [1.29, 1.82) is 0 Å². The van der Waals surface area contributed by atoms with E-state index in [9.17, 15) is 9.59 Å². The number of nitrogens with one attached hydrogen (secondary N) is 1. The summed E-state index contributed by atoms with van der Waals surface area (Å²) in [5.41, 5.74) is 3.06. The first-order valence-corrected chi connectivity index (χ1v) is 8.91. The highest BCUT2D eigenvalue weighted by Crippen LogP contribution is 2.28. The molecule has 0 saturated heterocycles. The first kappa shape index (κ1) is 17.8. The number of para-hydroxylation sites is 1. The Balaban J connectivity index is 1.68. The summed E-state index contributed by atoms with van der Waals surface area (Å²) in [6.07, 6.45) is 0. The van der Waals surface area contributed by atoms with Gasteiger partial charge in [0.15, 0.2) is 6.61 Å². The topological polar surface area (TPSA) is 68.3 Å². The van der Waals surface area contributed by atoms with Crippen LogP contribution >= 0.6 is 11.3 Å². The highest BCUT2D eigenvalue weighted by Gasteiger charge is 2.20. The zero-order chi connectivity index (χ0) is 18.5. The summed E-state index contributed by atoms with van der Waals surface area (Å²) in [4.78, 5) is 29.3. The number of hydrogen-bond donors (Lipinski definition) is 1. The summed E-state index contributed by atoms with van der Waals surface area (Å²) in [7, 11) is 0. The van der Waals surface area contributed by atoms with E-state index in [1.54, 1.807) is 6.07 Å². The van der Waals surface area contributed by atoms with Gasteiger partial charge in [0.05, 0.1) is 10.7 Å². The monoisotopic (exact) mass is 366 g/mol. The lowest BCUT2D eigenvalue weighted by Crippen LogP contribution is -2.21. The molecule has 1 N–H and O–H groups in total. The van der Waals surface area contributed by atoms with E-state index in [2.05, 4.69) is 10.3 Å². The lowest BCUT2D eigenvalue weighted by atomic mass is 10.1. The van der Waals surface area contributed by atoms with Crippen molar-refractivity contribution in [3.63, 3.8) is 0 Å². The van der Waals surface area contributed by atoms with Gasteiger partial charge in [-0.25, -0.2) is 9.78 Å². The summed E-state index contributed by atoms with van der Waals surface area (Å²) in [6, 6.07) is 16.9. The molecule has 0 atom stereocenters. The summed E-state index contributed by atoms with van der Waals surface area (Å²) < 4.78 is 5.20. The number of amides is 1. The minimum atomic E-state index is -0.547. The van der Waals surface area contributed by atoms with Crippen LogP contribution in [0.5, 0.6) is 0 Å². The average Bonchev–Trinajstić information content (AvgIpc) is 3.04. The van der Waals surface area contributed by atoms with Gasteiger partial charge >= 0.3 is 5.97 Å². The van der Waals surface area contributed by atoms with Crippen LogP contribution in [0.25, 0.3) is 11.3 Å². The zero-order valence-corrected chi connectivity index (χ0v) is 15.3. The number of carbonyl (C=O) groups excluding carboxylic acids is 2. The van der Waals surface area contributed by atoms with Gasteiger partial charge in [0.1, 0.15) is 4.88 Å². The maximum atomic E-state index is 12.4. The van der Waals surface area contributed by atoms with Gasteiger partial charge in [-0.15, -0.1) is 11.3 Å². The first-order chi connectivity index (χ1) is 12.5. The maximum Gasteiger partial charge on any atom is 0.351 e. The van der Waals surface area contributed by atoms with Crippen molar-refractivity contribution >= 4 is 28.9 Å². The Morgan fingerprint density at radius 2 is 1.73 bits per heavy atom. The first-order valence-electron chi connectivity index (χ1n) is 8.10. The number of benzene rings is 2. The molecule has 3 rings (SSSR count). The molecule has 1 aromatic heterocycles. The number of rotatable bonds is 5. The van der Waals surface area contributed by atoms with Gasteiger partial charge in [0, 0.05) is 11.3 Å². The fourth-order valence-corrected chi connectivity index (χ4v) is 3.29. The Morgan fingerprint density at radius 3 is 2.46 bits per heavy atom. The minimum absolute atomic E-state index is 0.349. The molecule has 0 spiro atoms. The van der Waals surface area contributed by atoms with E-state index in [1.807, 2.05) is 62.4 Å². The Bertz CT molecular complexity index is 935. The molecule has 0 fully saturated rings. The standard InChI is InChI=1S/C20H18N2O3S/c1-13-8-6-7-11-16(13)22-17(23)12-25-20(24)19-18(21-14(2)26-19)15-9-4-3-5-10-15/h3-11H,12H2,1-2H3,(H,22,23). The highest BCUT2D eigenvalue weighted by atomic mass is 32.1. The molecule has 0 aliphatic heterocycles. The van der Waals surface area contributed by atoms with Gasteiger partial charge < -0.3 is 10.1 Å². The number of hydrogen-bond acceptors (Lipinski definition) is 5. The van der Waals surface area contributed by atoms with E-state index in [1.165, 1.54) is 11.3 Å². The van der Waals surface area contributed by atoms with Crippen molar-refractivity contribution in [2.75, 3.05) is 11.9 Å². The molecule has 0 radical (unpaired) electrons. The molecular formula is C20H18N2O3S. The van der Waals surface area contributed by atoms with E-state index in [0.717, 1.165) is 16.1 Å². The van der Waals surface area contributed by atoms with Crippen LogP contribution in [0.15, 0.2) is 54.6 Å². The molecule has 5 nitrogen and oxygen atoms in total. The molecule has 2 aromatic carbocycles. The third-order valence-corrected chi connectivity index (χ3v) is 4.67. The van der Waals surface area contributed by atoms with E-state index in [-0.39, 0.29) is 12.5 Å². The van der Waals surface area contributed by atoms with Crippen LogP contribution in [0.3, 0.4) is 0 Å². The zero-order valence-electron chi connectivity index (χ0n) is 14.5. The van der Waals surface area contributed by atoms with Crippen molar-refractivity contribution in [2.24, 2.45) is 0 Å². The van der Waals surface area contributed by atoms with Crippen LogP contribution in [0.4, 0.5) is 5.69 Å². The number of aromatic nitrogens is 1. The number of carbonyl (C=O) groups is 2. The molecule has 3 aromatic rings. The third-order valence-electron chi connectivity index (χ3n) is 3.72. The molecule has 26 heavy (non-hydrogen) atoms. The van der Waals surface area contributed by atoms with E-state index < -0.39 is 5.97 Å². The van der Waals surface area contributed by atoms with Gasteiger partial charge in [-0.2, -0.15) is 0 Å². The second-order valence-corrected chi connectivity index (χ2v) is 6.92. The maximum absolute atomic E-state index is 12.4. The number of thiazole rings is 1. The summed E-state index contributed by atoms with van der Waals surface area (Å²) in [5.74, 6) is -0.926. The molecular weight excluding hydrogens is 348 g/mol. The SMILES string of the molecule is Cc1nc(-c2ccccc2)c(C(=O)OCC(=O)Nc2ccccc2C)s1. The molecule has 0 aliphatic rings. The predicted molar refractivity (Wildman–Crippen MR) is 102 cm³/mol. The van der Waals surface area contributed by atoms with Crippen LogP contribution in [-0.4, -0.2) is 23.5 Å². The summed E-state index contributed by atoms with van der Waals surface area (Å²) in [5, 5.41) is 3.50. The van der Waals surface area contributed by atoms with Gasteiger partial charge in [-0.05, 0) is 25.5 Å². The third kappa shape index (κ3) is 4.15. The Kier molecular flexibility index (Phi) is 5.43. The van der Waals surface area contributed by atoms with Crippen molar-refractivity contribution in [3.05, 3.63) is 70.0 Å². The van der Waals surface area contributed by atoms with Crippen LogP contribution in [-0.2, 0) is 9.53 Å². The van der Waals surface area contributed by atoms with Crippen molar-refractivity contribution in [2.45, 2.75) is 13.8 Å². The highest BCUT2D eigenvalue weighted by molar-refractivity contribution is 7.14. The van der Waals surface area contributed by atoms with Crippen molar-refractivity contribution in [1.82, 2.24) is 4.98 Å². The van der Waals surface area contributed by atoms with Crippen LogP contribution < -0.4 is 5.32 Å². The molecule has 6 heteroatoms. The average molecular weight is 366 g/mol. The smallest absolute Gasteiger partial charge is 0.351 e. The second kappa shape index (κ2) is 7.93. The lowest BCUT2D eigenvalue weighted by molar-refractivity contribution is -0.119. The Hall–Kier alpha value is -2.99. The number of ether oxygens (including phenoxy) is 1. The van der Waals surface area contributed by atoms with E-state index in [0.29, 0.717) is 16.3 Å². The van der Waals surface area contributed by atoms with E-state index in [4.69, 9.17) is 4.74 Å². The number of esters is 1. The minimum Gasteiger partial charge on any atom is -0.451 e. The lowest BCUT2D eigenvalue weighted by Gasteiger charge is -2.08. The fraction of sp³-hybridized carbons (Fsp3) is 0.150. The van der Waals surface area contributed by atoms with Gasteiger partial charge in [0.2, 0.25) is 0 Å². The molecule has 0 saturated carbocycles. The normalized spacial score (nSPS) is 10.4. The van der Waals surface area contributed by atoms with E-state index >= 15 is 0 Å². The Morgan fingerprint density at radius 1 is 1.04 bits per heavy atom. The van der Waals surface area contributed by atoms with Gasteiger partial charge in [-0.1, -0.05) is 48.5 Å². The van der Waals surface area contributed by atoms with Crippen LogP contribution in [0.1, 0.15) is 20.2 Å². The summed E-state index contributed by atoms with van der Waals surface area (Å²) in [6.45, 7) is 3.38. The molecule has 1 amide bonds. The predicted octanol–water partition coefficient (Wildman–Crippen LogP) is 4.22. The number of aryl methyl sites for hydroxylation is 2. The summed E-state index contributed by atoms with van der Waals surface area (Å²) >= 11 is 1.26. The number of anilines is 1. The molecule has 1 heterocycles. The molecule has 0 bridgehead atoms.